The predicted octanol–water partition coefficient (Wildman–Crippen LogP) is 6.25. The van der Waals surface area contributed by atoms with E-state index in [9.17, 15) is 4.79 Å². The summed E-state index contributed by atoms with van der Waals surface area (Å²) in [4.78, 5) is 38.8. The topological polar surface area (TPSA) is 128 Å². The van der Waals surface area contributed by atoms with Gasteiger partial charge in [0.25, 0.3) is 5.91 Å². The minimum absolute atomic E-state index is 0.00175. The van der Waals surface area contributed by atoms with E-state index in [4.69, 9.17) is 4.74 Å². The zero-order valence-electron chi connectivity index (χ0n) is 29.9. The maximum atomic E-state index is 13.0. The molecular formula is C36H50N10O2S. The number of benzene rings is 1. The van der Waals surface area contributed by atoms with Gasteiger partial charge in [0.05, 0.1) is 22.6 Å². The molecule has 13 heteroatoms. The first kappa shape index (κ1) is 34.9. The number of amides is 1. The van der Waals surface area contributed by atoms with Crippen LogP contribution in [-0.2, 0) is 0 Å². The minimum Gasteiger partial charge on any atom is -0.492 e. The lowest BCUT2D eigenvalue weighted by molar-refractivity contribution is 0.0571. The molecule has 2 aliphatic rings. The number of thioether (sulfide) groups is 1. The molecule has 0 unspecified atom stereocenters. The number of nitrogens with zero attached hydrogens (tertiary/aromatic N) is 8. The number of piperidine rings is 1. The number of likely N-dealkylation sites (N-methyl/N-ethyl adjacent to an activating group) is 1. The number of H-pyrrole nitrogens is 1. The lowest BCUT2D eigenvalue weighted by Crippen LogP contribution is -2.52. The van der Waals surface area contributed by atoms with Crippen molar-refractivity contribution in [1.82, 2.24) is 39.9 Å². The van der Waals surface area contributed by atoms with Crippen LogP contribution in [0, 0.1) is 19.8 Å². The van der Waals surface area contributed by atoms with E-state index in [1.54, 1.807) is 30.5 Å². The summed E-state index contributed by atoms with van der Waals surface area (Å²) in [7, 11) is 2.10. The lowest BCUT2D eigenvalue weighted by Gasteiger charge is -2.37. The number of hydrogen-bond donors (Lipinski definition) is 2. The monoisotopic (exact) mass is 686 g/mol. The van der Waals surface area contributed by atoms with Crippen molar-refractivity contribution >= 4 is 46.2 Å². The number of piperazine rings is 1. The first-order valence-electron chi connectivity index (χ1n) is 17.4. The SMILES string of the molecule is Cc1[nH]nc(Nc2ncnc3cc(OCCCC4CCN(c5ncc(C(=O)N6CCN(C)[C@H](C)C6)cn5)CC4)c(SC(C)(C)C)cc23)c1C. The Morgan fingerprint density at radius 3 is 2.47 bits per heavy atom. The third-order valence-electron chi connectivity index (χ3n) is 9.65. The van der Waals surface area contributed by atoms with E-state index in [1.165, 1.54) is 0 Å². The van der Waals surface area contributed by atoms with Crippen LogP contribution in [0.3, 0.4) is 0 Å². The number of hydrogen-bond acceptors (Lipinski definition) is 11. The van der Waals surface area contributed by atoms with E-state index in [1.807, 2.05) is 24.8 Å². The Morgan fingerprint density at radius 2 is 1.80 bits per heavy atom. The fraction of sp³-hybridized carbons (Fsp3) is 0.556. The highest BCUT2D eigenvalue weighted by Gasteiger charge is 2.27. The third kappa shape index (κ3) is 8.43. The maximum absolute atomic E-state index is 13.0. The summed E-state index contributed by atoms with van der Waals surface area (Å²) in [5.74, 6) is 3.72. The highest BCUT2D eigenvalue weighted by Crippen LogP contribution is 2.41. The molecule has 2 aliphatic heterocycles. The van der Waals surface area contributed by atoms with Gasteiger partial charge < -0.3 is 24.8 Å². The number of ether oxygens (including phenoxy) is 1. The summed E-state index contributed by atoms with van der Waals surface area (Å²) in [6.45, 7) is 17.7. The Kier molecular flexibility index (Phi) is 10.6. The number of carbonyl (C=O) groups is 1. The van der Waals surface area contributed by atoms with Gasteiger partial charge in [-0.25, -0.2) is 19.9 Å². The van der Waals surface area contributed by atoms with Crippen LogP contribution in [0.1, 0.15) is 75.0 Å². The minimum atomic E-state index is 0.00175. The molecule has 0 radical (unpaired) electrons. The number of nitrogens with one attached hydrogen (secondary N) is 2. The first-order valence-corrected chi connectivity index (χ1v) is 18.2. The normalized spacial score (nSPS) is 17.9. The molecule has 0 aliphatic carbocycles. The van der Waals surface area contributed by atoms with Crippen LogP contribution in [0.15, 0.2) is 35.7 Å². The number of fused-ring (bicyclic) bond motifs is 1. The van der Waals surface area contributed by atoms with Crippen LogP contribution < -0.4 is 15.0 Å². The molecule has 4 aromatic rings. The number of aromatic nitrogens is 6. The van der Waals surface area contributed by atoms with Gasteiger partial charge in [-0.05, 0) is 65.5 Å². The van der Waals surface area contributed by atoms with Gasteiger partial charge in [0.2, 0.25) is 5.95 Å². The number of carbonyl (C=O) groups excluding carboxylic acids is 1. The second-order valence-electron chi connectivity index (χ2n) is 14.5. The maximum Gasteiger partial charge on any atom is 0.257 e. The highest BCUT2D eigenvalue weighted by molar-refractivity contribution is 8.00. The van der Waals surface area contributed by atoms with Gasteiger partial charge in [0, 0.05) is 78.6 Å². The van der Waals surface area contributed by atoms with E-state index in [0.717, 1.165) is 103 Å². The van der Waals surface area contributed by atoms with Crippen molar-refractivity contribution < 1.29 is 9.53 Å². The predicted molar refractivity (Wildman–Crippen MR) is 196 cm³/mol. The van der Waals surface area contributed by atoms with Gasteiger partial charge in [0.15, 0.2) is 5.82 Å². The van der Waals surface area contributed by atoms with Crippen LogP contribution in [0.4, 0.5) is 17.6 Å². The number of aryl methyl sites for hydroxylation is 1. The zero-order chi connectivity index (χ0) is 34.7. The van der Waals surface area contributed by atoms with E-state index < -0.39 is 0 Å². The van der Waals surface area contributed by atoms with Crippen LogP contribution in [0.25, 0.3) is 10.9 Å². The Balaban J connectivity index is 1.02. The van der Waals surface area contributed by atoms with E-state index in [-0.39, 0.29) is 10.7 Å². The summed E-state index contributed by atoms with van der Waals surface area (Å²) in [5.41, 5.74) is 3.48. The second-order valence-corrected chi connectivity index (χ2v) is 16.3. The fourth-order valence-corrected chi connectivity index (χ4v) is 7.45. The van der Waals surface area contributed by atoms with E-state index in [2.05, 4.69) is 86.1 Å². The molecule has 0 spiro atoms. The van der Waals surface area contributed by atoms with Crippen molar-refractivity contribution in [3.8, 4) is 5.75 Å². The van der Waals surface area contributed by atoms with Crippen molar-refractivity contribution in [2.75, 3.05) is 56.6 Å². The van der Waals surface area contributed by atoms with Gasteiger partial charge in [-0.3, -0.25) is 9.89 Å². The van der Waals surface area contributed by atoms with E-state index in [0.29, 0.717) is 30.1 Å². The molecule has 6 rings (SSSR count). The molecule has 0 bridgehead atoms. The molecule has 1 aromatic carbocycles. The smallest absolute Gasteiger partial charge is 0.257 e. The van der Waals surface area contributed by atoms with Gasteiger partial charge in [-0.2, -0.15) is 5.10 Å². The van der Waals surface area contributed by atoms with Crippen molar-refractivity contribution in [1.29, 1.82) is 0 Å². The molecule has 5 heterocycles. The van der Waals surface area contributed by atoms with Gasteiger partial charge in [-0.1, -0.05) is 20.8 Å². The quantitative estimate of drug-likeness (QED) is 0.145. The number of aromatic amines is 1. The van der Waals surface area contributed by atoms with Crippen LogP contribution >= 0.6 is 11.8 Å². The van der Waals surface area contributed by atoms with Crippen molar-refractivity contribution in [2.24, 2.45) is 5.92 Å². The zero-order valence-corrected chi connectivity index (χ0v) is 30.7. The van der Waals surface area contributed by atoms with Crippen LogP contribution in [0.5, 0.6) is 5.75 Å². The average Bonchev–Trinajstić information content (AvgIpc) is 3.40. The molecule has 1 amide bonds. The van der Waals surface area contributed by atoms with Crippen LogP contribution in [-0.4, -0.2) is 103 Å². The van der Waals surface area contributed by atoms with E-state index >= 15 is 0 Å². The highest BCUT2D eigenvalue weighted by atomic mass is 32.2. The fourth-order valence-electron chi connectivity index (χ4n) is 6.39. The molecule has 2 fully saturated rings. The van der Waals surface area contributed by atoms with Crippen molar-refractivity contribution in [2.45, 2.75) is 82.9 Å². The second kappa shape index (κ2) is 14.9. The van der Waals surface area contributed by atoms with Gasteiger partial charge in [0.1, 0.15) is 17.9 Å². The molecule has 0 saturated carbocycles. The van der Waals surface area contributed by atoms with Crippen LogP contribution in [0.2, 0.25) is 0 Å². The summed E-state index contributed by atoms with van der Waals surface area (Å²) in [5, 5.41) is 11.8. The largest absolute Gasteiger partial charge is 0.492 e. The summed E-state index contributed by atoms with van der Waals surface area (Å²) >= 11 is 1.79. The molecular weight excluding hydrogens is 637 g/mol. The Bertz CT molecular complexity index is 1750. The molecule has 12 nitrogen and oxygen atoms in total. The molecule has 3 aromatic heterocycles. The lowest BCUT2D eigenvalue weighted by atomic mass is 9.92. The molecule has 2 saturated heterocycles. The number of anilines is 3. The standard InChI is InChI=1S/C36H50N10O2S/c1-23-21-46(15-14-44(23)7)34(47)27-19-37-35(38-20-27)45-12-10-26(11-13-45)9-8-16-48-30-18-29-28(17-31(30)49-36(4,5)6)33(40-22-39-29)41-32-24(2)25(3)42-43-32/h17-20,22-23,26H,8-16,21H2,1-7H3,(H2,39,40,41,42,43)/t23-/m1/s1. The van der Waals surface area contributed by atoms with Crippen molar-refractivity contribution in [3.63, 3.8) is 0 Å². The number of rotatable bonds is 10. The van der Waals surface area contributed by atoms with Gasteiger partial charge in [-0.15, -0.1) is 11.8 Å². The Labute approximate surface area is 293 Å². The molecule has 262 valence electrons. The van der Waals surface area contributed by atoms with Gasteiger partial charge >= 0.3 is 0 Å². The Morgan fingerprint density at radius 1 is 1.04 bits per heavy atom. The molecule has 49 heavy (non-hydrogen) atoms. The first-order chi connectivity index (χ1) is 23.4. The summed E-state index contributed by atoms with van der Waals surface area (Å²) in [6.07, 6.45) is 9.24. The van der Waals surface area contributed by atoms with Crippen molar-refractivity contribution in [3.05, 3.63) is 47.7 Å². The summed E-state index contributed by atoms with van der Waals surface area (Å²) in [6, 6.07) is 4.54. The third-order valence-corrected chi connectivity index (χ3v) is 10.8. The average molecular weight is 687 g/mol. The summed E-state index contributed by atoms with van der Waals surface area (Å²) < 4.78 is 6.46. The molecule has 1 atom stereocenters. The Hall–Kier alpha value is -3.97. The molecule has 2 N–H and O–H groups in total.